The van der Waals surface area contributed by atoms with Gasteiger partial charge in [-0.15, -0.1) is 0 Å². The lowest BCUT2D eigenvalue weighted by molar-refractivity contribution is -0.117. The van der Waals surface area contributed by atoms with Gasteiger partial charge in [-0.3, -0.25) is 47.9 Å². The van der Waals surface area contributed by atoms with Gasteiger partial charge >= 0.3 is 0 Å². The van der Waals surface area contributed by atoms with Crippen molar-refractivity contribution >= 4 is 189 Å². The first-order valence-corrected chi connectivity index (χ1v) is 36.7. The van der Waals surface area contributed by atoms with Crippen LogP contribution in [0.25, 0.3) is 0 Å². The number of aryl methyl sites for hydroxylation is 1. The van der Waals surface area contributed by atoms with E-state index in [0.717, 1.165) is 90.8 Å². The number of amides is 2. The summed E-state index contributed by atoms with van der Waals surface area (Å²) in [6.45, 7) is 13.7. The van der Waals surface area contributed by atoms with Crippen LogP contribution in [-0.4, -0.2) is 144 Å². The van der Waals surface area contributed by atoms with Gasteiger partial charge in [-0.25, -0.2) is 0 Å². The van der Waals surface area contributed by atoms with E-state index in [1.54, 1.807) is 53.3 Å². The number of benzene rings is 8. The van der Waals surface area contributed by atoms with Crippen LogP contribution in [-0.2, 0) is 9.59 Å². The molecule has 26 heteroatoms. The van der Waals surface area contributed by atoms with E-state index < -0.39 is 5.50 Å². The first-order chi connectivity index (χ1) is 50.3. The number of fused-ring (bicyclic) bond motifs is 8. The highest BCUT2D eigenvalue weighted by molar-refractivity contribution is 9.10. The monoisotopic (exact) mass is 1610 g/mol. The van der Waals surface area contributed by atoms with E-state index in [2.05, 4.69) is 36.4 Å². The van der Waals surface area contributed by atoms with E-state index >= 15 is 0 Å². The Bertz CT molecular complexity index is 4850. The van der Waals surface area contributed by atoms with Crippen molar-refractivity contribution in [2.24, 2.45) is 11.8 Å². The molecular formula is C80H77BrCl6N8O11. The predicted molar refractivity (Wildman–Crippen MR) is 429 cm³/mol. The van der Waals surface area contributed by atoms with Crippen molar-refractivity contribution in [2.75, 3.05) is 115 Å². The molecule has 16 rings (SSSR count). The second kappa shape index (κ2) is 35.1. The molecule has 8 aliphatic rings. The summed E-state index contributed by atoms with van der Waals surface area (Å²) in [5, 5.41) is 7.18. The number of likely N-dealkylation sites (N-methyl/N-ethyl adjacent to an activating group) is 2. The minimum Gasteiger partial charge on any atom is -0.497 e. The highest BCUT2D eigenvalue weighted by atomic mass is 79.9. The van der Waals surface area contributed by atoms with Crippen LogP contribution in [0, 0.1) is 18.8 Å². The van der Waals surface area contributed by atoms with Crippen LogP contribution < -0.4 is 44.8 Å². The molecule has 0 fully saturated rings. The lowest BCUT2D eigenvalue weighted by Crippen LogP contribution is -2.35. The first-order valence-electron chi connectivity index (χ1n) is 33.6. The number of halogens is 7. The van der Waals surface area contributed by atoms with E-state index in [0.29, 0.717) is 52.6 Å². The van der Waals surface area contributed by atoms with Crippen LogP contribution in [0.5, 0.6) is 5.75 Å². The Morgan fingerprint density at radius 1 is 0.481 bits per heavy atom. The van der Waals surface area contributed by atoms with E-state index in [4.69, 9.17) is 74.3 Å². The maximum Gasteiger partial charge on any atom is 0.224 e. The summed E-state index contributed by atoms with van der Waals surface area (Å²) in [5.41, 5.74) is 13.0. The molecule has 0 saturated carbocycles. The molecule has 0 radical (unpaired) electrons. The number of rotatable bonds is 1. The molecule has 2 amide bonds. The third-order valence-electron chi connectivity index (χ3n) is 18.7. The maximum absolute atomic E-state index is 11.9. The molecule has 552 valence electrons. The number of ether oxygens (including phenoxy) is 1. The van der Waals surface area contributed by atoms with Crippen LogP contribution in [0.1, 0.15) is 129 Å². The molecule has 8 heterocycles. The Kier molecular flexibility index (Phi) is 26.8. The Morgan fingerprint density at radius 2 is 1.01 bits per heavy atom. The standard InChI is InChI=1S/C12H15NO2.C11H12ClNO.C11H11NO2.C11H13NO.C10H8BrNO2.C9H8ClNO.C8H3Cl4NO.C8H7NO/c1-8-7-13(2)11-6-9(15-3)4-5-10(11)12(8)14;1-7-6-13(2)10-5-8(12)3-4-9(10)11(7)14;1-8(13)12-7-6-11(14)9-4-2-3-5-10(9)12;1-7-4-5-10-9(6-7)11(13)8(2)12(10)3;1-6(13)12-5-10(14)8-3-2-7(11)4-9(8)12;1-11-7-5-3-2-4-6(7)8(12)9(11)10;9-4-3-2(14)1-13-8(3)7(12)6(11)5(4)10;10-8-5-9-7-4-2-1-3-6(7)8/h4-6,8H,7H2,1-3H3;3-5,7H,6H2,1-2H3;2-5H,6-7H2,1H3;4-6,8H,1-3H3;2-4H,5H2,1H3;2-5,9H,1H3;13H,1H2;1-4,9H,5H2. The zero-order valence-corrected chi connectivity index (χ0v) is 66.1. The second-order valence-corrected chi connectivity index (χ2v) is 29.3. The SMILES string of the molecule is CC(=O)N1CC(=O)c2ccc(Br)cc21.CC(=O)N1CCC(=O)c2ccccc21.CC1CN(C)c2cc(Cl)ccc2C1=O.CN1c2ccccc2C(=O)C1Cl.COc1ccc2c(c1)N(C)CC(C)C2=O.Cc1ccc2c(c1)C(=O)C(C)N2C.O=C1CNc2c(Cl)c(Cl)c(Cl)c(Cl)c21.O=C1CNc2ccccc21. The number of hydrogen-bond donors (Lipinski definition) is 2. The van der Waals surface area contributed by atoms with Crippen molar-refractivity contribution in [3.63, 3.8) is 0 Å². The molecule has 106 heavy (non-hydrogen) atoms. The van der Waals surface area contributed by atoms with Crippen molar-refractivity contribution in [2.45, 2.75) is 59.5 Å². The number of anilines is 8. The summed E-state index contributed by atoms with van der Waals surface area (Å²) < 4.78 is 6.03. The highest BCUT2D eigenvalue weighted by Gasteiger charge is 2.35. The van der Waals surface area contributed by atoms with E-state index in [9.17, 15) is 47.9 Å². The lowest BCUT2D eigenvalue weighted by atomic mass is 9.93. The third kappa shape index (κ3) is 17.8. The number of ketones is 8. The van der Waals surface area contributed by atoms with Crippen LogP contribution in [0.4, 0.5) is 45.5 Å². The number of methoxy groups -OCH3 is 1. The van der Waals surface area contributed by atoms with E-state index in [1.165, 1.54) is 18.7 Å². The van der Waals surface area contributed by atoms with Gasteiger partial charge in [0.2, 0.25) is 17.6 Å². The summed E-state index contributed by atoms with van der Waals surface area (Å²) in [4.78, 5) is 126. The number of nitrogens with one attached hydrogen (secondary N) is 2. The normalized spacial score (nSPS) is 17.7. The Hall–Kier alpha value is -9.12. The molecule has 4 atom stereocenters. The number of carbonyl (C=O) groups is 10. The molecule has 8 aliphatic heterocycles. The molecule has 19 nitrogen and oxygen atoms in total. The Morgan fingerprint density at radius 3 is 1.62 bits per heavy atom. The molecular weight excluding hydrogens is 1540 g/mol. The molecule has 2 N–H and O–H groups in total. The first kappa shape index (κ1) is 81.0. The van der Waals surface area contributed by atoms with Gasteiger partial charge in [0.05, 0.1) is 81.2 Å². The van der Waals surface area contributed by atoms with Crippen LogP contribution in [0.15, 0.2) is 150 Å². The predicted octanol–water partition coefficient (Wildman–Crippen LogP) is 17.3. The Balaban J connectivity index is 0.000000140. The Labute approximate surface area is 654 Å². The molecule has 0 saturated heterocycles. The number of alkyl halides is 1. The number of nitrogens with zero attached hydrogens (tertiary/aromatic N) is 6. The molecule has 0 bridgehead atoms. The second-order valence-electron chi connectivity index (χ2n) is 26.0. The summed E-state index contributed by atoms with van der Waals surface area (Å²) in [5.74, 6) is 1.70. The molecule has 8 aromatic rings. The van der Waals surface area contributed by atoms with E-state index in [1.807, 2.05) is 170 Å². The zero-order valence-electron chi connectivity index (χ0n) is 59.9. The lowest BCUT2D eigenvalue weighted by Gasteiger charge is -2.30. The van der Waals surface area contributed by atoms with Gasteiger partial charge in [0, 0.05) is 157 Å². The summed E-state index contributed by atoms with van der Waals surface area (Å²) >= 11 is 38.4. The topological polar surface area (TPSA) is 223 Å². The maximum atomic E-state index is 11.9. The van der Waals surface area contributed by atoms with E-state index in [-0.39, 0.29) is 109 Å². The molecule has 0 spiro atoms. The van der Waals surface area contributed by atoms with Crippen molar-refractivity contribution in [1.82, 2.24) is 0 Å². The summed E-state index contributed by atoms with van der Waals surface area (Å²) in [6.07, 6.45) is 0.427. The number of hydrogen-bond acceptors (Lipinski definition) is 17. The van der Waals surface area contributed by atoms with Crippen molar-refractivity contribution < 1.29 is 52.7 Å². The quantitative estimate of drug-likeness (QED) is 0.0674. The number of carbonyl (C=O) groups excluding carboxylic acids is 10. The van der Waals surface area contributed by atoms with Gasteiger partial charge in [0.15, 0.2) is 46.0 Å². The molecule has 8 aromatic carbocycles. The fourth-order valence-corrected chi connectivity index (χ4v) is 14.6. The fraction of sp³-hybridized carbons (Fsp3) is 0.275. The fourth-order valence-electron chi connectivity index (χ4n) is 12.9. The summed E-state index contributed by atoms with van der Waals surface area (Å²) in [7, 11) is 9.40. The zero-order chi connectivity index (χ0) is 77.4. The van der Waals surface area contributed by atoms with Gasteiger partial charge in [-0.1, -0.05) is 147 Å². The van der Waals surface area contributed by atoms with Gasteiger partial charge in [0.1, 0.15) is 5.75 Å². The largest absolute Gasteiger partial charge is 0.497 e. The minimum atomic E-state index is -0.526. The van der Waals surface area contributed by atoms with Crippen molar-refractivity contribution in [3.8, 4) is 5.75 Å². The van der Waals surface area contributed by atoms with Gasteiger partial charge < -0.3 is 44.8 Å². The van der Waals surface area contributed by atoms with Gasteiger partial charge in [-0.05, 0) is 111 Å². The van der Waals surface area contributed by atoms with Crippen molar-refractivity contribution in [3.05, 3.63) is 225 Å². The summed E-state index contributed by atoms with van der Waals surface area (Å²) in [6, 6.07) is 44.7. The minimum absolute atomic E-state index is 0.00250. The van der Waals surface area contributed by atoms with Gasteiger partial charge in [0.25, 0.3) is 0 Å². The highest BCUT2D eigenvalue weighted by Crippen LogP contribution is 2.46. The number of Topliss-reactive ketones (excluding diaryl/α,β-unsaturated/α-hetero) is 8. The average molecular weight is 1620 g/mol. The van der Waals surface area contributed by atoms with Crippen LogP contribution in [0.2, 0.25) is 25.1 Å². The molecule has 0 aromatic heterocycles. The molecule has 0 aliphatic carbocycles. The third-order valence-corrected chi connectivity index (χ3v) is 21.7. The molecule has 4 unspecified atom stereocenters. The average Bonchev–Trinajstić information content (AvgIpc) is 1.46. The van der Waals surface area contributed by atoms with Crippen LogP contribution in [0.3, 0.4) is 0 Å². The number of para-hydroxylation sites is 3. The van der Waals surface area contributed by atoms with Gasteiger partial charge in [-0.2, -0.15) is 0 Å². The smallest absolute Gasteiger partial charge is 0.224 e. The van der Waals surface area contributed by atoms with Crippen molar-refractivity contribution in [1.29, 1.82) is 0 Å². The van der Waals surface area contributed by atoms with Crippen LogP contribution >= 0.6 is 85.5 Å².